The van der Waals surface area contributed by atoms with E-state index in [2.05, 4.69) is 30.7 Å². The summed E-state index contributed by atoms with van der Waals surface area (Å²) in [7, 11) is -7.53. The van der Waals surface area contributed by atoms with Gasteiger partial charge in [0.2, 0.25) is 20.0 Å². The smallest absolute Gasteiger partial charge is 0.857 e. The molecular formula is C32H28CuN10O6S2. The second-order valence-electron chi connectivity index (χ2n) is 10.5. The number of hydrogen-bond acceptors (Lipinski definition) is 12. The van der Waals surface area contributed by atoms with Crippen LogP contribution in [0.4, 0.5) is 22.7 Å². The van der Waals surface area contributed by atoms with Crippen molar-refractivity contribution in [2.45, 2.75) is 23.6 Å². The van der Waals surface area contributed by atoms with Crippen molar-refractivity contribution in [2.24, 2.45) is 30.7 Å². The summed E-state index contributed by atoms with van der Waals surface area (Å²) in [4.78, 5) is -0.0481. The maximum Gasteiger partial charge on any atom is 2.00 e. The van der Waals surface area contributed by atoms with E-state index in [9.17, 15) is 27.0 Å². The Morgan fingerprint density at radius 2 is 0.843 bits per heavy atom. The zero-order chi connectivity index (χ0) is 36.1. The van der Waals surface area contributed by atoms with E-state index in [-0.39, 0.29) is 50.0 Å². The number of primary sulfonamides is 2. The van der Waals surface area contributed by atoms with Gasteiger partial charge in [-0.15, -0.1) is 10.2 Å². The first-order chi connectivity index (χ1) is 23.7. The zero-order valence-corrected chi connectivity index (χ0v) is 29.3. The van der Waals surface area contributed by atoms with Crippen LogP contribution in [0.1, 0.15) is 11.4 Å². The molecule has 16 nitrogen and oxygen atoms in total. The molecule has 0 saturated carbocycles. The quantitative estimate of drug-likeness (QED) is 0.162. The maximum absolute atomic E-state index is 12.4. The topological polar surface area (TPSA) is 252 Å². The van der Waals surface area contributed by atoms with Crippen molar-refractivity contribution in [1.29, 1.82) is 0 Å². The molecule has 0 bridgehead atoms. The van der Waals surface area contributed by atoms with E-state index in [1.165, 1.54) is 57.9 Å². The molecule has 0 aliphatic rings. The molecule has 0 spiro atoms. The minimum Gasteiger partial charge on any atom is -0.857 e. The number of nitrogens with zero attached hydrogens (tertiary/aromatic N) is 8. The summed E-state index contributed by atoms with van der Waals surface area (Å²) < 4.78 is 47.4. The maximum atomic E-state index is 12.4. The number of para-hydroxylation sites is 2. The fraction of sp³-hybridized carbons (Fsp3) is 0.0625. The summed E-state index contributed by atoms with van der Waals surface area (Å²) in [5.41, 5.74) is 3.18. The Hall–Kier alpha value is -5.56. The Bertz CT molecular complexity index is 2230. The van der Waals surface area contributed by atoms with Crippen LogP contribution in [0.5, 0.6) is 11.8 Å². The summed E-state index contributed by atoms with van der Waals surface area (Å²) >= 11 is 0. The molecule has 6 rings (SSSR count). The van der Waals surface area contributed by atoms with Crippen molar-refractivity contribution in [3.8, 4) is 23.1 Å². The number of aryl methyl sites for hydroxylation is 2. The van der Waals surface area contributed by atoms with E-state index in [1.54, 1.807) is 62.4 Å². The predicted molar refractivity (Wildman–Crippen MR) is 179 cm³/mol. The molecule has 0 aliphatic heterocycles. The second kappa shape index (κ2) is 16.0. The second-order valence-corrected chi connectivity index (χ2v) is 13.6. The average Bonchev–Trinajstić information content (AvgIpc) is 3.55. The Morgan fingerprint density at radius 3 is 1.14 bits per heavy atom. The SMILES string of the molecule is Cc1nn(-c2ccccc2)c([O-])c1N=Nc1ccc(S(N)(=O)=O)cc1.Cc1nn(-c2ccccc2)c([O-])c1N=Nc1ccc(S(N)(=O)=O)cc1.[Cu+2]. The van der Waals surface area contributed by atoms with Crippen LogP contribution in [-0.4, -0.2) is 36.4 Å². The molecule has 0 amide bonds. The summed E-state index contributed by atoms with van der Waals surface area (Å²) in [6.07, 6.45) is 0. The predicted octanol–water partition coefficient (Wildman–Crippen LogP) is 4.63. The van der Waals surface area contributed by atoms with Gasteiger partial charge in [-0.1, -0.05) is 36.4 Å². The molecule has 265 valence electrons. The van der Waals surface area contributed by atoms with Crippen LogP contribution in [0.15, 0.2) is 139 Å². The van der Waals surface area contributed by atoms with E-state index in [1.807, 2.05) is 12.1 Å². The molecule has 6 aromatic rings. The standard InChI is InChI=1S/2C16H15N5O3S.Cu/c2*1-11-15(16(22)21(20-11)13-5-3-2-4-6-13)19-18-12-7-9-14(10-8-12)25(17,23)24;/h2*2-10,22H,1H3,(H2,17,23,24);/q;;+2/p-2. The number of aromatic nitrogens is 4. The van der Waals surface area contributed by atoms with Crippen LogP contribution in [0, 0.1) is 13.8 Å². The molecule has 1 radical (unpaired) electrons. The van der Waals surface area contributed by atoms with Gasteiger partial charge in [0.1, 0.15) is 11.4 Å². The van der Waals surface area contributed by atoms with Gasteiger partial charge in [-0.25, -0.2) is 36.5 Å². The van der Waals surface area contributed by atoms with Crippen LogP contribution in [0.25, 0.3) is 11.4 Å². The van der Waals surface area contributed by atoms with Gasteiger partial charge in [0.15, 0.2) is 0 Å². The molecule has 4 N–H and O–H groups in total. The van der Waals surface area contributed by atoms with Gasteiger partial charge in [-0.2, -0.15) is 20.4 Å². The fourth-order valence-corrected chi connectivity index (χ4v) is 5.37. The first kappa shape index (κ1) is 38.2. The van der Waals surface area contributed by atoms with Crippen LogP contribution in [0.3, 0.4) is 0 Å². The van der Waals surface area contributed by atoms with Crippen molar-refractivity contribution in [3.63, 3.8) is 0 Å². The Labute approximate surface area is 303 Å². The van der Waals surface area contributed by atoms with Gasteiger partial charge >= 0.3 is 17.1 Å². The summed E-state index contributed by atoms with van der Waals surface area (Å²) in [6, 6.07) is 29.0. The molecular weight excluding hydrogens is 748 g/mol. The molecule has 0 fully saturated rings. The number of hydrogen-bond donors (Lipinski definition) is 2. The molecule has 0 saturated heterocycles. The molecule has 4 aromatic carbocycles. The largest absolute Gasteiger partial charge is 2.00 e. The normalized spacial score (nSPS) is 11.7. The average molecular weight is 776 g/mol. The Kier molecular flexibility index (Phi) is 12.0. The molecule has 0 unspecified atom stereocenters. The summed E-state index contributed by atoms with van der Waals surface area (Å²) in [5, 5.41) is 59.2. The van der Waals surface area contributed by atoms with Crippen molar-refractivity contribution >= 4 is 42.8 Å². The number of rotatable bonds is 8. The van der Waals surface area contributed by atoms with Crippen molar-refractivity contribution in [3.05, 3.63) is 121 Å². The van der Waals surface area contributed by atoms with Gasteiger partial charge in [-0.05, 0) is 86.6 Å². The zero-order valence-electron chi connectivity index (χ0n) is 26.7. The van der Waals surface area contributed by atoms with E-state index < -0.39 is 20.0 Å². The first-order valence-corrected chi connectivity index (χ1v) is 17.5. The Balaban J connectivity index is 0.000000224. The third-order valence-corrected chi connectivity index (χ3v) is 8.70. The number of azo groups is 2. The van der Waals surface area contributed by atoms with Crippen LogP contribution in [0.2, 0.25) is 0 Å². The Morgan fingerprint density at radius 1 is 0.529 bits per heavy atom. The minimum atomic E-state index is -3.76. The van der Waals surface area contributed by atoms with Gasteiger partial charge in [0.05, 0.1) is 43.9 Å². The van der Waals surface area contributed by atoms with Crippen molar-refractivity contribution < 1.29 is 44.1 Å². The van der Waals surface area contributed by atoms with Gasteiger partial charge < -0.3 is 10.2 Å². The van der Waals surface area contributed by atoms with Gasteiger partial charge in [0.25, 0.3) is 0 Å². The number of sulfonamides is 2. The third-order valence-electron chi connectivity index (χ3n) is 6.84. The molecule has 0 atom stereocenters. The molecule has 2 heterocycles. The summed E-state index contributed by atoms with van der Waals surface area (Å²) in [5.74, 6) is -0.762. The van der Waals surface area contributed by atoms with E-state index in [0.717, 1.165) is 0 Å². The van der Waals surface area contributed by atoms with Crippen molar-refractivity contribution in [1.82, 2.24) is 19.6 Å². The number of benzene rings is 4. The monoisotopic (exact) mass is 775 g/mol. The van der Waals surface area contributed by atoms with E-state index in [4.69, 9.17) is 10.3 Å². The molecule has 51 heavy (non-hydrogen) atoms. The first-order valence-electron chi connectivity index (χ1n) is 14.5. The van der Waals surface area contributed by atoms with Gasteiger partial charge in [-0.3, -0.25) is 0 Å². The number of nitrogens with two attached hydrogens (primary N) is 2. The minimum absolute atomic E-state index is 0. The fourth-order valence-electron chi connectivity index (χ4n) is 4.33. The van der Waals surface area contributed by atoms with Crippen LogP contribution >= 0.6 is 0 Å². The molecule has 19 heteroatoms. The molecule has 0 aliphatic carbocycles. The van der Waals surface area contributed by atoms with E-state index in [0.29, 0.717) is 34.1 Å². The summed E-state index contributed by atoms with van der Waals surface area (Å²) in [6.45, 7) is 3.33. The molecule has 2 aromatic heterocycles. The van der Waals surface area contributed by atoms with Crippen molar-refractivity contribution in [2.75, 3.05) is 0 Å². The van der Waals surface area contributed by atoms with E-state index >= 15 is 0 Å². The van der Waals surface area contributed by atoms with Gasteiger partial charge in [0, 0.05) is 11.8 Å². The third kappa shape index (κ3) is 9.37. The van der Waals surface area contributed by atoms with Crippen LogP contribution < -0.4 is 20.5 Å². The van der Waals surface area contributed by atoms with Crippen LogP contribution in [-0.2, 0) is 37.1 Å².